The zero-order valence-corrected chi connectivity index (χ0v) is 10.9. The minimum atomic E-state index is -4.77. The fraction of sp³-hybridized carbons (Fsp3) is 0.231. The summed E-state index contributed by atoms with van der Waals surface area (Å²) in [5.41, 5.74) is 0.534. The molecule has 1 aromatic heterocycles. The maximum Gasteiger partial charge on any atom is 0.573 e. The van der Waals surface area contributed by atoms with Gasteiger partial charge in [0.15, 0.2) is 0 Å². The summed E-state index contributed by atoms with van der Waals surface area (Å²) >= 11 is 0. The second-order valence-electron chi connectivity index (χ2n) is 3.94. The molecule has 1 heterocycles. The molecule has 112 valence electrons. The van der Waals surface area contributed by atoms with Gasteiger partial charge >= 0.3 is 12.3 Å². The highest BCUT2D eigenvalue weighted by Gasteiger charge is 2.31. The average Bonchev–Trinajstić information content (AvgIpc) is 2.87. The Balaban J connectivity index is 2.22. The first-order chi connectivity index (χ1) is 9.89. The molecule has 0 bridgehead atoms. The Morgan fingerprint density at radius 2 is 2.14 bits per heavy atom. The van der Waals surface area contributed by atoms with Gasteiger partial charge in [0.2, 0.25) is 0 Å². The van der Waals surface area contributed by atoms with Crippen LogP contribution in [0.3, 0.4) is 0 Å². The van der Waals surface area contributed by atoms with Gasteiger partial charge in [-0.2, -0.15) is 5.10 Å². The molecule has 0 saturated carbocycles. The maximum absolute atomic E-state index is 12.2. The first-order valence-corrected chi connectivity index (χ1v) is 5.97. The third kappa shape index (κ3) is 3.98. The highest BCUT2D eigenvalue weighted by Crippen LogP contribution is 2.24. The molecule has 0 spiro atoms. The second kappa shape index (κ2) is 5.86. The molecule has 0 aliphatic carbocycles. The molecule has 1 aromatic carbocycles. The Morgan fingerprint density at radius 3 is 2.81 bits per heavy atom. The number of esters is 1. The number of nitrogens with zero attached hydrogens (tertiary/aromatic N) is 2. The highest BCUT2D eigenvalue weighted by molar-refractivity contribution is 5.88. The van der Waals surface area contributed by atoms with Gasteiger partial charge in [-0.15, -0.1) is 13.2 Å². The van der Waals surface area contributed by atoms with Crippen LogP contribution in [0.5, 0.6) is 5.75 Å². The van der Waals surface area contributed by atoms with Crippen molar-refractivity contribution < 1.29 is 27.4 Å². The minimum absolute atomic E-state index is 0.207. The second-order valence-corrected chi connectivity index (χ2v) is 3.94. The van der Waals surface area contributed by atoms with Gasteiger partial charge in [0.05, 0.1) is 24.1 Å². The van der Waals surface area contributed by atoms with E-state index in [0.29, 0.717) is 5.69 Å². The molecule has 0 unspecified atom stereocenters. The van der Waals surface area contributed by atoms with Crippen LogP contribution in [-0.2, 0) is 4.74 Å². The average molecular weight is 300 g/mol. The standard InChI is InChI=1S/C13H11F3N2O3/c1-2-20-12(19)9-7-17-18(8-9)10-4-3-5-11(6-10)21-13(14,15)16/h3-8H,2H2,1H3. The van der Waals surface area contributed by atoms with E-state index in [9.17, 15) is 18.0 Å². The van der Waals surface area contributed by atoms with E-state index in [-0.39, 0.29) is 17.9 Å². The van der Waals surface area contributed by atoms with E-state index in [4.69, 9.17) is 4.74 Å². The van der Waals surface area contributed by atoms with Crippen molar-refractivity contribution in [2.24, 2.45) is 0 Å². The van der Waals surface area contributed by atoms with Crippen molar-refractivity contribution in [2.45, 2.75) is 13.3 Å². The van der Waals surface area contributed by atoms with E-state index >= 15 is 0 Å². The highest BCUT2D eigenvalue weighted by atomic mass is 19.4. The van der Waals surface area contributed by atoms with Crippen molar-refractivity contribution in [1.29, 1.82) is 0 Å². The molecular formula is C13H11F3N2O3. The van der Waals surface area contributed by atoms with Crippen LogP contribution in [0.2, 0.25) is 0 Å². The summed E-state index contributed by atoms with van der Waals surface area (Å²) in [5, 5.41) is 3.91. The summed E-state index contributed by atoms with van der Waals surface area (Å²) in [6.07, 6.45) is -2.13. The minimum Gasteiger partial charge on any atom is -0.462 e. The van der Waals surface area contributed by atoms with E-state index in [1.807, 2.05) is 0 Å². The lowest BCUT2D eigenvalue weighted by molar-refractivity contribution is -0.274. The number of halogens is 3. The van der Waals surface area contributed by atoms with Gasteiger partial charge < -0.3 is 9.47 Å². The maximum atomic E-state index is 12.2. The van der Waals surface area contributed by atoms with Crippen LogP contribution in [0.1, 0.15) is 17.3 Å². The molecule has 2 rings (SSSR count). The van der Waals surface area contributed by atoms with Gasteiger partial charge in [0.25, 0.3) is 0 Å². The summed E-state index contributed by atoms with van der Waals surface area (Å²) in [6, 6.07) is 5.26. The fourth-order valence-electron chi connectivity index (χ4n) is 1.61. The zero-order valence-electron chi connectivity index (χ0n) is 10.9. The summed E-state index contributed by atoms with van der Waals surface area (Å²) in [5.74, 6) is -0.917. The van der Waals surface area contributed by atoms with Gasteiger partial charge in [-0.25, -0.2) is 9.48 Å². The van der Waals surface area contributed by atoms with E-state index in [2.05, 4.69) is 9.84 Å². The van der Waals surface area contributed by atoms with Crippen molar-refractivity contribution in [1.82, 2.24) is 9.78 Å². The molecule has 0 aliphatic heterocycles. The lowest BCUT2D eigenvalue weighted by Gasteiger charge is -2.09. The predicted octanol–water partition coefficient (Wildman–Crippen LogP) is 2.95. The molecule has 0 saturated heterocycles. The predicted molar refractivity (Wildman–Crippen MR) is 66.2 cm³/mol. The lowest BCUT2D eigenvalue weighted by atomic mass is 10.3. The zero-order chi connectivity index (χ0) is 15.5. The van der Waals surface area contributed by atoms with Crippen LogP contribution < -0.4 is 4.74 Å². The van der Waals surface area contributed by atoms with Crippen LogP contribution in [0, 0.1) is 0 Å². The molecule has 8 heteroatoms. The Labute approximate surface area is 117 Å². The third-order valence-electron chi connectivity index (χ3n) is 2.41. The molecule has 0 aliphatic rings. The van der Waals surface area contributed by atoms with Crippen LogP contribution in [0.15, 0.2) is 36.7 Å². The van der Waals surface area contributed by atoms with Crippen molar-refractivity contribution in [2.75, 3.05) is 6.61 Å². The summed E-state index contributed by atoms with van der Waals surface area (Å²) in [6.45, 7) is 1.89. The number of rotatable bonds is 4. The van der Waals surface area contributed by atoms with Crippen molar-refractivity contribution in [3.8, 4) is 11.4 Å². The quantitative estimate of drug-likeness (QED) is 0.815. The van der Waals surface area contributed by atoms with E-state index in [1.165, 1.54) is 35.3 Å². The topological polar surface area (TPSA) is 53.3 Å². The van der Waals surface area contributed by atoms with E-state index in [1.54, 1.807) is 6.92 Å². The number of aromatic nitrogens is 2. The largest absolute Gasteiger partial charge is 0.573 e. The van der Waals surface area contributed by atoms with Crippen molar-refractivity contribution in [3.63, 3.8) is 0 Å². The Hall–Kier alpha value is -2.51. The van der Waals surface area contributed by atoms with E-state index in [0.717, 1.165) is 6.07 Å². The Morgan fingerprint density at radius 1 is 1.38 bits per heavy atom. The molecule has 2 aromatic rings. The number of ether oxygens (including phenoxy) is 2. The molecule has 5 nitrogen and oxygen atoms in total. The number of hydrogen-bond donors (Lipinski definition) is 0. The van der Waals surface area contributed by atoms with Crippen LogP contribution >= 0.6 is 0 Å². The van der Waals surface area contributed by atoms with Crippen LogP contribution in [0.4, 0.5) is 13.2 Å². The molecule has 21 heavy (non-hydrogen) atoms. The van der Waals surface area contributed by atoms with Gasteiger partial charge in [0.1, 0.15) is 5.75 Å². The number of carbonyl (C=O) groups is 1. The van der Waals surface area contributed by atoms with Gasteiger partial charge in [0, 0.05) is 12.3 Å². The van der Waals surface area contributed by atoms with Crippen molar-refractivity contribution in [3.05, 3.63) is 42.2 Å². The number of alkyl halides is 3. The normalized spacial score (nSPS) is 11.2. The number of benzene rings is 1. The van der Waals surface area contributed by atoms with Gasteiger partial charge in [-0.3, -0.25) is 0 Å². The van der Waals surface area contributed by atoms with Crippen LogP contribution in [0.25, 0.3) is 5.69 Å². The number of hydrogen-bond acceptors (Lipinski definition) is 4. The fourth-order valence-corrected chi connectivity index (χ4v) is 1.61. The lowest BCUT2D eigenvalue weighted by Crippen LogP contribution is -2.17. The monoisotopic (exact) mass is 300 g/mol. The van der Waals surface area contributed by atoms with Gasteiger partial charge in [-0.1, -0.05) is 6.07 Å². The molecular weight excluding hydrogens is 289 g/mol. The number of carbonyl (C=O) groups excluding carboxylic acids is 1. The summed E-state index contributed by atoms with van der Waals surface area (Å²) in [4.78, 5) is 11.5. The van der Waals surface area contributed by atoms with Gasteiger partial charge in [-0.05, 0) is 19.1 Å². The first-order valence-electron chi connectivity index (χ1n) is 5.97. The summed E-state index contributed by atoms with van der Waals surface area (Å²) in [7, 11) is 0. The smallest absolute Gasteiger partial charge is 0.462 e. The Bertz CT molecular complexity index is 638. The molecule has 0 atom stereocenters. The van der Waals surface area contributed by atoms with Crippen LogP contribution in [-0.4, -0.2) is 28.7 Å². The summed E-state index contributed by atoms with van der Waals surface area (Å²) < 4.78 is 46.4. The molecule has 0 N–H and O–H groups in total. The first kappa shape index (κ1) is 14.9. The Kier molecular flexibility index (Phi) is 4.15. The third-order valence-corrected chi connectivity index (χ3v) is 2.41. The van der Waals surface area contributed by atoms with E-state index < -0.39 is 12.3 Å². The SMILES string of the molecule is CCOC(=O)c1cnn(-c2cccc(OC(F)(F)F)c2)c1. The van der Waals surface area contributed by atoms with Crippen molar-refractivity contribution >= 4 is 5.97 Å². The molecule has 0 amide bonds. The molecule has 0 fully saturated rings. The molecule has 0 radical (unpaired) electrons.